The summed E-state index contributed by atoms with van der Waals surface area (Å²) in [7, 11) is 0. The number of imide groups is 1. The minimum absolute atomic E-state index is 0.238. The predicted molar refractivity (Wildman–Crippen MR) is 97.2 cm³/mol. The van der Waals surface area contributed by atoms with E-state index in [0.29, 0.717) is 0 Å². The molecule has 3 amide bonds. The highest BCUT2D eigenvalue weighted by Gasteiger charge is 2.23. The molecule has 1 aliphatic rings. The molecule has 0 saturated carbocycles. The first-order chi connectivity index (χ1) is 11.5. The van der Waals surface area contributed by atoms with E-state index in [1.54, 1.807) is 0 Å². The van der Waals surface area contributed by atoms with Crippen molar-refractivity contribution >= 4 is 17.6 Å². The number of hydrogen-bond donors (Lipinski definition) is 2. The largest absolute Gasteiger partial charge is 0.325 e. The van der Waals surface area contributed by atoms with Crippen LogP contribution >= 0.6 is 0 Å². The second-order valence-electron chi connectivity index (χ2n) is 6.74. The highest BCUT2D eigenvalue weighted by Crippen LogP contribution is 2.16. The molecule has 0 unspecified atom stereocenters. The summed E-state index contributed by atoms with van der Waals surface area (Å²) >= 11 is 0. The highest BCUT2D eigenvalue weighted by molar-refractivity contribution is 6.03. The van der Waals surface area contributed by atoms with Crippen LogP contribution in [0, 0.1) is 13.8 Å². The molecule has 5 nitrogen and oxygen atoms in total. The molecule has 2 N–H and O–H groups in total. The van der Waals surface area contributed by atoms with E-state index in [0.717, 1.165) is 42.7 Å². The van der Waals surface area contributed by atoms with Crippen molar-refractivity contribution in [2.45, 2.75) is 58.9 Å². The summed E-state index contributed by atoms with van der Waals surface area (Å²) in [6, 6.07) is 5.04. The van der Waals surface area contributed by atoms with E-state index in [2.05, 4.69) is 15.5 Å². The Bertz CT molecular complexity index is 578. The quantitative estimate of drug-likeness (QED) is 0.889. The average Bonchev–Trinajstić information content (AvgIpc) is 2.49. The topological polar surface area (TPSA) is 61.4 Å². The monoisotopic (exact) mass is 331 g/mol. The van der Waals surface area contributed by atoms with Gasteiger partial charge in [0, 0.05) is 5.69 Å². The highest BCUT2D eigenvalue weighted by atomic mass is 16.2. The Hall–Kier alpha value is -1.88. The van der Waals surface area contributed by atoms with Gasteiger partial charge in [0.15, 0.2) is 0 Å². The molecule has 132 valence electrons. The number of anilines is 1. The molecule has 1 saturated heterocycles. The first kappa shape index (κ1) is 18.5. The van der Waals surface area contributed by atoms with Crippen LogP contribution < -0.4 is 10.6 Å². The average molecular weight is 331 g/mol. The number of likely N-dealkylation sites (tertiary alicyclic amines) is 1. The third kappa shape index (κ3) is 5.34. The molecule has 2 rings (SSSR count). The van der Waals surface area contributed by atoms with E-state index in [9.17, 15) is 9.59 Å². The first-order valence-electron chi connectivity index (χ1n) is 8.90. The Morgan fingerprint density at radius 2 is 1.67 bits per heavy atom. The van der Waals surface area contributed by atoms with Gasteiger partial charge in [0.2, 0.25) is 5.91 Å². The van der Waals surface area contributed by atoms with Gasteiger partial charge in [0.25, 0.3) is 0 Å². The maximum atomic E-state index is 12.4. The number of hydrogen-bond acceptors (Lipinski definition) is 3. The van der Waals surface area contributed by atoms with Crippen LogP contribution in [0.5, 0.6) is 0 Å². The molecule has 1 atom stereocenters. The third-order valence-electron chi connectivity index (χ3n) is 4.68. The van der Waals surface area contributed by atoms with Crippen molar-refractivity contribution in [3.63, 3.8) is 0 Å². The summed E-state index contributed by atoms with van der Waals surface area (Å²) in [5.41, 5.74) is 2.85. The standard InChI is InChI=1S/C19H29N3O2/c1-14-9-10-17(15(2)13-14)20-19(24)21-18(23)16(3)22-11-7-5-4-6-8-12-22/h9-10,13,16H,4-8,11-12H2,1-3H3,(H2,20,21,23,24)/t16-/m1/s1. The lowest BCUT2D eigenvalue weighted by atomic mass is 10.1. The van der Waals surface area contributed by atoms with Crippen molar-refractivity contribution in [3.8, 4) is 0 Å². The number of nitrogens with one attached hydrogen (secondary N) is 2. The van der Waals surface area contributed by atoms with Crippen molar-refractivity contribution in [1.82, 2.24) is 10.2 Å². The van der Waals surface area contributed by atoms with Crippen LogP contribution in [0.3, 0.4) is 0 Å². The molecule has 0 aromatic heterocycles. The molecule has 1 aromatic carbocycles. The molecule has 1 fully saturated rings. The van der Waals surface area contributed by atoms with Gasteiger partial charge in [-0.05, 0) is 58.3 Å². The number of aryl methyl sites for hydroxylation is 2. The lowest BCUT2D eigenvalue weighted by Gasteiger charge is -2.29. The van der Waals surface area contributed by atoms with Gasteiger partial charge >= 0.3 is 6.03 Å². The van der Waals surface area contributed by atoms with Crippen LogP contribution in [0.4, 0.5) is 10.5 Å². The number of carbonyl (C=O) groups excluding carboxylic acids is 2. The minimum atomic E-state index is -0.467. The number of benzene rings is 1. The van der Waals surface area contributed by atoms with Crippen molar-refractivity contribution in [3.05, 3.63) is 29.3 Å². The lowest BCUT2D eigenvalue weighted by molar-refractivity contribution is -0.124. The van der Waals surface area contributed by atoms with Crippen molar-refractivity contribution < 1.29 is 9.59 Å². The molecular formula is C19H29N3O2. The lowest BCUT2D eigenvalue weighted by Crippen LogP contribution is -2.48. The first-order valence-corrected chi connectivity index (χ1v) is 8.90. The van der Waals surface area contributed by atoms with E-state index >= 15 is 0 Å². The Morgan fingerprint density at radius 1 is 1.04 bits per heavy atom. The van der Waals surface area contributed by atoms with E-state index < -0.39 is 6.03 Å². The molecule has 1 heterocycles. The van der Waals surface area contributed by atoms with Gasteiger partial charge in [-0.15, -0.1) is 0 Å². The Labute approximate surface area is 144 Å². The van der Waals surface area contributed by atoms with E-state index in [1.807, 2.05) is 39.0 Å². The fourth-order valence-electron chi connectivity index (χ4n) is 3.15. The molecule has 24 heavy (non-hydrogen) atoms. The SMILES string of the molecule is Cc1ccc(NC(=O)NC(=O)[C@@H](C)N2CCCCCCC2)c(C)c1. The van der Waals surface area contributed by atoms with Crippen molar-refractivity contribution in [1.29, 1.82) is 0 Å². The van der Waals surface area contributed by atoms with Gasteiger partial charge in [0.05, 0.1) is 6.04 Å². The third-order valence-corrected chi connectivity index (χ3v) is 4.68. The second kappa shape index (κ2) is 8.83. The van der Waals surface area contributed by atoms with Crippen LogP contribution in [-0.4, -0.2) is 36.0 Å². The number of carbonyl (C=O) groups is 2. The summed E-state index contributed by atoms with van der Waals surface area (Å²) in [4.78, 5) is 26.7. The molecule has 1 aromatic rings. The minimum Gasteiger partial charge on any atom is -0.307 e. The van der Waals surface area contributed by atoms with Crippen LogP contribution in [-0.2, 0) is 4.79 Å². The Balaban J connectivity index is 1.88. The van der Waals surface area contributed by atoms with Gasteiger partial charge in [-0.25, -0.2) is 4.79 Å². The number of nitrogens with zero attached hydrogens (tertiary/aromatic N) is 1. The summed E-state index contributed by atoms with van der Waals surface area (Å²) in [6.45, 7) is 7.67. The Morgan fingerprint density at radius 3 is 2.29 bits per heavy atom. The van der Waals surface area contributed by atoms with E-state index in [1.165, 1.54) is 19.3 Å². The smallest absolute Gasteiger partial charge is 0.307 e. The van der Waals surface area contributed by atoms with Gasteiger partial charge < -0.3 is 5.32 Å². The van der Waals surface area contributed by atoms with E-state index in [4.69, 9.17) is 0 Å². The summed E-state index contributed by atoms with van der Waals surface area (Å²) < 4.78 is 0. The van der Waals surface area contributed by atoms with Gasteiger partial charge in [-0.3, -0.25) is 15.0 Å². The molecule has 0 radical (unpaired) electrons. The van der Waals surface area contributed by atoms with Crippen LogP contribution in [0.1, 0.15) is 50.2 Å². The zero-order valence-corrected chi connectivity index (χ0v) is 15.0. The summed E-state index contributed by atoms with van der Waals surface area (Å²) in [5, 5.41) is 5.23. The molecule has 5 heteroatoms. The fraction of sp³-hybridized carbons (Fsp3) is 0.579. The zero-order chi connectivity index (χ0) is 17.5. The normalized spacial score (nSPS) is 17.5. The number of rotatable bonds is 3. The number of amides is 3. The molecule has 0 spiro atoms. The fourth-order valence-corrected chi connectivity index (χ4v) is 3.15. The van der Waals surface area contributed by atoms with Gasteiger partial charge in [-0.2, -0.15) is 0 Å². The van der Waals surface area contributed by atoms with Gasteiger partial charge in [0.1, 0.15) is 0 Å². The van der Waals surface area contributed by atoms with Crippen LogP contribution in [0.25, 0.3) is 0 Å². The summed E-state index contributed by atoms with van der Waals surface area (Å²) in [5.74, 6) is -0.238. The predicted octanol–water partition coefficient (Wildman–Crippen LogP) is 3.61. The van der Waals surface area contributed by atoms with Crippen LogP contribution in [0.15, 0.2) is 18.2 Å². The van der Waals surface area contributed by atoms with Gasteiger partial charge in [-0.1, -0.05) is 37.0 Å². The maximum Gasteiger partial charge on any atom is 0.325 e. The van der Waals surface area contributed by atoms with Crippen molar-refractivity contribution in [2.24, 2.45) is 0 Å². The van der Waals surface area contributed by atoms with Crippen LogP contribution in [0.2, 0.25) is 0 Å². The maximum absolute atomic E-state index is 12.4. The summed E-state index contributed by atoms with van der Waals surface area (Å²) in [6.07, 6.45) is 5.96. The Kier molecular flexibility index (Phi) is 6.79. The number of urea groups is 1. The molecular weight excluding hydrogens is 302 g/mol. The molecule has 0 aliphatic carbocycles. The molecule has 1 aliphatic heterocycles. The zero-order valence-electron chi connectivity index (χ0n) is 15.0. The van der Waals surface area contributed by atoms with Crippen molar-refractivity contribution in [2.75, 3.05) is 18.4 Å². The second-order valence-corrected chi connectivity index (χ2v) is 6.74. The molecule has 0 bridgehead atoms. The van der Waals surface area contributed by atoms with E-state index in [-0.39, 0.29) is 11.9 Å².